The quantitative estimate of drug-likeness (QED) is 0.831. The number of esters is 1. The third kappa shape index (κ3) is 3.22. The number of methoxy groups -OCH3 is 1. The third-order valence-corrected chi connectivity index (χ3v) is 4.54. The average molecular weight is 366 g/mol. The first kappa shape index (κ1) is 17.4. The van der Waals surface area contributed by atoms with Crippen molar-refractivity contribution in [1.82, 2.24) is 0 Å². The molecule has 7 heteroatoms. The molecule has 1 N–H and O–H groups in total. The average Bonchev–Trinajstić information content (AvgIpc) is 3.39. The SMILES string of the molecule is COC(=O)c1cc(NC(=O)C2(c3ccc(Cl)cc3)CC2)c(F)cc1F. The number of nitrogens with one attached hydrogen (secondary N) is 1. The number of halogens is 3. The van der Waals surface area contributed by atoms with Gasteiger partial charge in [-0.1, -0.05) is 23.7 Å². The van der Waals surface area contributed by atoms with E-state index >= 15 is 0 Å². The van der Waals surface area contributed by atoms with E-state index in [-0.39, 0.29) is 5.69 Å². The Morgan fingerprint density at radius 1 is 1.12 bits per heavy atom. The topological polar surface area (TPSA) is 55.4 Å². The molecule has 0 bridgehead atoms. The van der Waals surface area contributed by atoms with Gasteiger partial charge in [0.1, 0.15) is 11.6 Å². The molecule has 1 fully saturated rings. The molecule has 0 heterocycles. The smallest absolute Gasteiger partial charge is 0.340 e. The minimum absolute atomic E-state index is 0.271. The Labute approximate surface area is 147 Å². The molecule has 25 heavy (non-hydrogen) atoms. The van der Waals surface area contributed by atoms with E-state index in [0.717, 1.165) is 18.7 Å². The maximum absolute atomic E-state index is 14.0. The summed E-state index contributed by atoms with van der Waals surface area (Å²) < 4.78 is 32.1. The van der Waals surface area contributed by atoms with Gasteiger partial charge in [0.05, 0.1) is 23.8 Å². The largest absolute Gasteiger partial charge is 0.465 e. The molecule has 0 atom stereocenters. The molecule has 2 aromatic carbocycles. The maximum Gasteiger partial charge on any atom is 0.340 e. The van der Waals surface area contributed by atoms with Gasteiger partial charge in [0.2, 0.25) is 5.91 Å². The first-order valence-electron chi connectivity index (χ1n) is 7.52. The monoisotopic (exact) mass is 365 g/mol. The number of amides is 1. The summed E-state index contributed by atoms with van der Waals surface area (Å²) in [6, 6.07) is 8.33. The normalized spacial score (nSPS) is 14.7. The van der Waals surface area contributed by atoms with Crippen molar-refractivity contribution < 1.29 is 23.1 Å². The van der Waals surface area contributed by atoms with Crippen molar-refractivity contribution in [1.29, 1.82) is 0 Å². The first-order valence-corrected chi connectivity index (χ1v) is 7.90. The van der Waals surface area contributed by atoms with Gasteiger partial charge in [0.25, 0.3) is 0 Å². The van der Waals surface area contributed by atoms with Gasteiger partial charge < -0.3 is 10.1 Å². The van der Waals surface area contributed by atoms with Gasteiger partial charge in [-0.05, 0) is 36.6 Å². The van der Waals surface area contributed by atoms with Gasteiger partial charge in [-0.25, -0.2) is 13.6 Å². The van der Waals surface area contributed by atoms with Crippen LogP contribution >= 0.6 is 11.6 Å². The van der Waals surface area contributed by atoms with Crippen LogP contribution in [0.25, 0.3) is 0 Å². The summed E-state index contributed by atoms with van der Waals surface area (Å²) in [5, 5.41) is 3.00. The summed E-state index contributed by atoms with van der Waals surface area (Å²) in [4.78, 5) is 24.2. The zero-order valence-electron chi connectivity index (χ0n) is 13.2. The van der Waals surface area contributed by atoms with Gasteiger partial charge in [-0.2, -0.15) is 0 Å². The van der Waals surface area contributed by atoms with Crippen LogP contribution in [0, 0.1) is 11.6 Å². The second-order valence-electron chi connectivity index (χ2n) is 5.85. The molecular formula is C18H14ClF2NO3. The van der Waals surface area contributed by atoms with Crippen LogP contribution in [0.3, 0.4) is 0 Å². The number of ether oxygens (including phenoxy) is 1. The molecule has 1 aliphatic rings. The van der Waals surface area contributed by atoms with E-state index in [1.807, 2.05) is 0 Å². The molecule has 0 spiro atoms. The van der Waals surface area contributed by atoms with Crippen molar-refractivity contribution in [2.75, 3.05) is 12.4 Å². The van der Waals surface area contributed by atoms with E-state index in [1.54, 1.807) is 24.3 Å². The van der Waals surface area contributed by atoms with Gasteiger partial charge in [0, 0.05) is 11.1 Å². The fourth-order valence-corrected chi connectivity index (χ4v) is 2.82. The van der Waals surface area contributed by atoms with E-state index in [2.05, 4.69) is 10.1 Å². The molecule has 4 nitrogen and oxygen atoms in total. The molecule has 0 aliphatic heterocycles. The van der Waals surface area contributed by atoms with E-state index in [9.17, 15) is 18.4 Å². The number of hydrogen-bond acceptors (Lipinski definition) is 3. The van der Waals surface area contributed by atoms with E-state index in [0.29, 0.717) is 23.9 Å². The van der Waals surface area contributed by atoms with Crippen LogP contribution in [0.4, 0.5) is 14.5 Å². The van der Waals surface area contributed by atoms with Gasteiger partial charge >= 0.3 is 5.97 Å². The molecule has 130 valence electrons. The molecule has 0 unspecified atom stereocenters. The lowest BCUT2D eigenvalue weighted by Crippen LogP contribution is -2.28. The van der Waals surface area contributed by atoms with Gasteiger partial charge in [-0.15, -0.1) is 0 Å². The number of carbonyl (C=O) groups is 2. The summed E-state index contributed by atoms with van der Waals surface area (Å²) in [5.41, 5.74) is -0.718. The van der Waals surface area contributed by atoms with Crippen LogP contribution in [-0.4, -0.2) is 19.0 Å². The Kier molecular flexibility index (Phi) is 4.47. The second-order valence-corrected chi connectivity index (χ2v) is 6.28. The summed E-state index contributed by atoms with van der Waals surface area (Å²) in [6.45, 7) is 0. The van der Waals surface area contributed by atoms with Crippen molar-refractivity contribution in [3.8, 4) is 0 Å². The first-order chi connectivity index (χ1) is 11.9. The molecule has 2 aromatic rings. The van der Waals surface area contributed by atoms with Crippen molar-refractivity contribution in [2.24, 2.45) is 0 Å². The predicted molar refractivity (Wildman–Crippen MR) is 88.7 cm³/mol. The molecule has 0 aromatic heterocycles. The molecule has 3 rings (SSSR count). The zero-order chi connectivity index (χ0) is 18.2. The predicted octanol–water partition coefficient (Wildman–Crippen LogP) is 4.08. The number of benzene rings is 2. The number of rotatable bonds is 4. The van der Waals surface area contributed by atoms with Crippen LogP contribution in [0.2, 0.25) is 5.02 Å². The van der Waals surface area contributed by atoms with Crippen LogP contribution in [0.15, 0.2) is 36.4 Å². The second kappa shape index (κ2) is 6.44. The Balaban J connectivity index is 1.88. The van der Waals surface area contributed by atoms with Crippen molar-refractivity contribution in [2.45, 2.75) is 18.3 Å². The lowest BCUT2D eigenvalue weighted by Gasteiger charge is -2.17. The zero-order valence-corrected chi connectivity index (χ0v) is 14.0. The molecule has 1 amide bonds. The minimum Gasteiger partial charge on any atom is -0.465 e. The fourth-order valence-electron chi connectivity index (χ4n) is 2.69. The lowest BCUT2D eigenvalue weighted by molar-refractivity contribution is -0.118. The van der Waals surface area contributed by atoms with E-state index in [4.69, 9.17) is 11.6 Å². The van der Waals surface area contributed by atoms with Crippen LogP contribution in [0.1, 0.15) is 28.8 Å². The summed E-state index contributed by atoms with van der Waals surface area (Å²) >= 11 is 5.86. The molecule has 1 saturated carbocycles. The van der Waals surface area contributed by atoms with Crippen LogP contribution in [0.5, 0.6) is 0 Å². The molecular weight excluding hydrogens is 352 g/mol. The molecule has 0 radical (unpaired) electrons. The minimum atomic E-state index is -1.05. The van der Waals surface area contributed by atoms with E-state index in [1.165, 1.54) is 0 Å². The Morgan fingerprint density at radius 2 is 1.76 bits per heavy atom. The highest BCUT2D eigenvalue weighted by Crippen LogP contribution is 2.49. The summed E-state index contributed by atoms with van der Waals surface area (Å²) in [6.07, 6.45) is 1.21. The van der Waals surface area contributed by atoms with Crippen LogP contribution in [-0.2, 0) is 14.9 Å². The number of anilines is 1. The highest BCUT2D eigenvalue weighted by Gasteiger charge is 2.51. The molecule has 0 saturated heterocycles. The Hall–Kier alpha value is -2.47. The highest BCUT2D eigenvalue weighted by molar-refractivity contribution is 6.30. The highest BCUT2D eigenvalue weighted by atomic mass is 35.5. The maximum atomic E-state index is 14.0. The summed E-state index contributed by atoms with van der Waals surface area (Å²) in [7, 11) is 1.09. The lowest BCUT2D eigenvalue weighted by atomic mass is 9.95. The van der Waals surface area contributed by atoms with Crippen LogP contribution < -0.4 is 5.32 Å². The van der Waals surface area contributed by atoms with E-state index < -0.39 is 34.5 Å². The number of carbonyl (C=O) groups excluding carboxylic acids is 2. The third-order valence-electron chi connectivity index (χ3n) is 4.29. The van der Waals surface area contributed by atoms with Gasteiger partial charge in [-0.3, -0.25) is 4.79 Å². The number of hydrogen-bond donors (Lipinski definition) is 1. The fraction of sp³-hybridized carbons (Fsp3) is 0.222. The Morgan fingerprint density at radius 3 is 2.32 bits per heavy atom. The molecule has 1 aliphatic carbocycles. The van der Waals surface area contributed by atoms with Crippen molar-refractivity contribution >= 4 is 29.2 Å². The van der Waals surface area contributed by atoms with Crippen molar-refractivity contribution in [3.63, 3.8) is 0 Å². The van der Waals surface area contributed by atoms with Crippen molar-refractivity contribution in [3.05, 3.63) is 64.2 Å². The van der Waals surface area contributed by atoms with Gasteiger partial charge in [0.15, 0.2) is 0 Å². The summed E-state index contributed by atoms with van der Waals surface area (Å²) in [5.74, 6) is -3.39. The Bertz CT molecular complexity index is 848. The standard InChI is InChI=1S/C18H14ClF2NO3/c1-25-16(23)12-8-15(14(21)9-13(12)20)22-17(24)18(6-7-18)10-2-4-11(19)5-3-10/h2-5,8-9H,6-7H2,1H3,(H,22,24).